The first-order valence-corrected chi connectivity index (χ1v) is 10.1. The van der Waals surface area contributed by atoms with E-state index >= 15 is 0 Å². The molecule has 0 saturated heterocycles. The molecule has 1 heterocycles. The highest BCUT2D eigenvalue weighted by atomic mass is 79.9. The van der Waals surface area contributed by atoms with Crippen LogP contribution in [0.5, 0.6) is 23.0 Å². The third kappa shape index (κ3) is 4.19. The van der Waals surface area contributed by atoms with Crippen molar-refractivity contribution in [2.75, 3.05) is 7.11 Å². The van der Waals surface area contributed by atoms with Crippen LogP contribution in [0.1, 0.15) is 11.3 Å². The third-order valence-electron chi connectivity index (χ3n) is 4.59. The van der Waals surface area contributed by atoms with Gasteiger partial charge in [0, 0.05) is 10.5 Å². The van der Waals surface area contributed by atoms with Crippen LogP contribution in [0.4, 0.5) is 0 Å². The average Bonchev–Trinajstić information content (AvgIpc) is 2.76. The molecule has 4 aromatic rings. The monoisotopic (exact) mass is 466 g/mol. The maximum absolute atomic E-state index is 13.0. The zero-order chi connectivity index (χ0) is 21.1. The molecule has 0 spiro atoms. The molecule has 0 fully saturated rings. The fourth-order valence-electron chi connectivity index (χ4n) is 3.04. The van der Waals surface area contributed by atoms with E-state index in [1.165, 1.54) is 0 Å². The van der Waals surface area contributed by atoms with Gasteiger partial charge in [0.15, 0.2) is 11.5 Å². The van der Waals surface area contributed by atoms with Gasteiger partial charge in [-0.3, -0.25) is 4.79 Å². The Morgan fingerprint density at radius 2 is 1.70 bits per heavy atom. The van der Waals surface area contributed by atoms with E-state index in [0.29, 0.717) is 40.6 Å². The standard InChI is InChI=1S/C24H19BrO5/c1-15-24(30-21-6-4-3-5-20(21)27-2)23(26)19-12-11-18(13-22(19)29-15)28-14-16-7-9-17(25)10-8-16/h3-13H,14H2,1-2H3. The fraction of sp³-hybridized carbons (Fsp3) is 0.125. The Kier molecular flexibility index (Phi) is 5.77. The van der Waals surface area contributed by atoms with Gasteiger partial charge in [-0.05, 0) is 48.9 Å². The minimum Gasteiger partial charge on any atom is -0.493 e. The van der Waals surface area contributed by atoms with Crippen LogP contribution in [-0.2, 0) is 6.61 Å². The maximum atomic E-state index is 13.0. The van der Waals surface area contributed by atoms with Crippen LogP contribution in [0, 0.1) is 6.92 Å². The van der Waals surface area contributed by atoms with E-state index in [1.807, 2.05) is 36.4 Å². The molecule has 0 aliphatic rings. The molecule has 3 aromatic carbocycles. The van der Waals surface area contributed by atoms with E-state index in [4.69, 9.17) is 18.6 Å². The Bertz CT molecular complexity index is 1240. The summed E-state index contributed by atoms with van der Waals surface area (Å²) >= 11 is 3.42. The summed E-state index contributed by atoms with van der Waals surface area (Å²) < 4.78 is 23.9. The Hall–Kier alpha value is -3.25. The van der Waals surface area contributed by atoms with E-state index < -0.39 is 0 Å². The van der Waals surface area contributed by atoms with Gasteiger partial charge in [-0.2, -0.15) is 0 Å². The van der Waals surface area contributed by atoms with Crippen LogP contribution in [0.15, 0.2) is 80.4 Å². The summed E-state index contributed by atoms with van der Waals surface area (Å²) in [6.45, 7) is 2.11. The summed E-state index contributed by atoms with van der Waals surface area (Å²) in [5.74, 6) is 2.11. The van der Waals surface area contributed by atoms with Crippen molar-refractivity contribution < 1.29 is 18.6 Å². The second-order valence-electron chi connectivity index (χ2n) is 6.64. The van der Waals surface area contributed by atoms with E-state index in [1.54, 1.807) is 44.4 Å². The van der Waals surface area contributed by atoms with Crippen LogP contribution in [0.2, 0.25) is 0 Å². The van der Waals surface area contributed by atoms with E-state index in [0.717, 1.165) is 10.0 Å². The van der Waals surface area contributed by atoms with Crippen molar-refractivity contribution in [1.29, 1.82) is 0 Å². The van der Waals surface area contributed by atoms with Crippen molar-refractivity contribution in [3.05, 3.63) is 92.7 Å². The SMILES string of the molecule is COc1ccccc1Oc1c(C)oc2cc(OCc3ccc(Br)cc3)ccc2c1=O. The van der Waals surface area contributed by atoms with E-state index in [9.17, 15) is 4.79 Å². The molecular weight excluding hydrogens is 448 g/mol. The first-order valence-electron chi connectivity index (χ1n) is 9.31. The second-order valence-corrected chi connectivity index (χ2v) is 7.56. The first kappa shape index (κ1) is 20.0. The summed E-state index contributed by atoms with van der Waals surface area (Å²) in [4.78, 5) is 13.0. The molecule has 0 unspecified atom stereocenters. The van der Waals surface area contributed by atoms with Crippen LogP contribution in [-0.4, -0.2) is 7.11 Å². The normalized spacial score (nSPS) is 10.8. The predicted octanol–water partition coefficient (Wildman–Crippen LogP) is 6.24. The molecule has 0 bridgehead atoms. The minimum atomic E-state index is -0.251. The first-order chi connectivity index (χ1) is 14.5. The molecule has 152 valence electrons. The molecule has 0 aliphatic carbocycles. The average molecular weight is 467 g/mol. The summed E-state index contributed by atoms with van der Waals surface area (Å²) in [7, 11) is 1.55. The fourth-order valence-corrected chi connectivity index (χ4v) is 3.30. The molecule has 4 rings (SSSR count). The summed E-state index contributed by atoms with van der Waals surface area (Å²) in [6, 6.07) is 20.2. The zero-order valence-electron chi connectivity index (χ0n) is 16.5. The number of hydrogen-bond acceptors (Lipinski definition) is 5. The second kappa shape index (κ2) is 8.63. The van der Waals surface area contributed by atoms with Crippen molar-refractivity contribution in [2.24, 2.45) is 0 Å². The number of aryl methyl sites for hydroxylation is 1. The van der Waals surface area contributed by atoms with Gasteiger partial charge in [-0.25, -0.2) is 0 Å². The van der Waals surface area contributed by atoms with Gasteiger partial charge in [-0.1, -0.05) is 40.2 Å². The van der Waals surface area contributed by atoms with Gasteiger partial charge in [0.2, 0.25) is 11.2 Å². The Labute approximate surface area is 181 Å². The molecule has 0 N–H and O–H groups in total. The van der Waals surface area contributed by atoms with Crippen molar-refractivity contribution in [3.8, 4) is 23.0 Å². The van der Waals surface area contributed by atoms with Gasteiger partial charge in [0.05, 0.1) is 12.5 Å². The van der Waals surface area contributed by atoms with Crippen LogP contribution in [0.3, 0.4) is 0 Å². The number of ether oxygens (including phenoxy) is 3. The number of benzene rings is 3. The lowest BCUT2D eigenvalue weighted by Gasteiger charge is -2.12. The molecule has 0 atom stereocenters. The summed E-state index contributed by atoms with van der Waals surface area (Å²) in [5.41, 5.74) is 1.23. The van der Waals surface area contributed by atoms with Crippen molar-refractivity contribution >= 4 is 26.9 Å². The summed E-state index contributed by atoms with van der Waals surface area (Å²) in [6.07, 6.45) is 0. The molecular formula is C24H19BrO5. The molecule has 5 nitrogen and oxygen atoms in total. The van der Waals surface area contributed by atoms with E-state index in [2.05, 4.69) is 15.9 Å². The van der Waals surface area contributed by atoms with Crippen molar-refractivity contribution in [2.45, 2.75) is 13.5 Å². The molecule has 0 amide bonds. The highest BCUT2D eigenvalue weighted by Gasteiger charge is 2.16. The molecule has 6 heteroatoms. The third-order valence-corrected chi connectivity index (χ3v) is 5.12. The van der Waals surface area contributed by atoms with Crippen LogP contribution < -0.4 is 19.6 Å². The largest absolute Gasteiger partial charge is 0.493 e. The van der Waals surface area contributed by atoms with Crippen LogP contribution in [0.25, 0.3) is 11.0 Å². The highest BCUT2D eigenvalue weighted by molar-refractivity contribution is 9.10. The van der Waals surface area contributed by atoms with E-state index in [-0.39, 0.29) is 11.2 Å². The van der Waals surface area contributed by atoms with Crippen molar-refractivity contribution in [1.82, 2.24) is 0 Å². The topological polar surface area (TPSA) is 57.9 Å². The molecule has 0 aliphatic heterocycles. The Morgan fingerprint density at radius 1 is 0.967 bits per heavy atom. The van der Waals surface area contributed by atoms with Crippen LogP contribution >= 0.6 is 15.9 Å². The number of halogens is 1. The maximum Gasteiger partial charge on any atom is 0.235 e. The Balaban J connectivity index is 1.62. The molecule has 0 saturated carbocycles. The highest BCUT2D eigenvalue weighted by Crippen LogP contribution is 2.32. The lowest BCUT2D eigenvalue weighted by atomic mass is 10.2. The molecule has 30 heavy (non-hydrogen) atoms. The number of para-hydroxylation sites is 2. The van der Waals surface area contributed by atoms with Gasteiger partial charge < -0.3 is 18.6 Å². The number of hydrogen-bond donors (Lipinski definition) is 0. The number of methoxy groups -OCH3 is 1. The lowest BCUT2D eigenvalue weighted by molar-refractivity contribution is 0.306. The lowest BCUT2D eigenvalue weighted by Crippen LogP contribution is -2.08. The smallest absolute Gasteiger partial charge is 0.235 e. The molecule has 0 radical (unpaired) electrons. The molecule has 1 aromatic heterocycles. The Morgan fingerprint density at radius 3 is 2.43 bits per heavy atom. The van der Waals surface area contributed by atoms with Gasteiger partial charge in [-0.15, -0.1) is 0 Å². The zero-order valence-corrected chi connectivity index (χ0v) is 18.1. The minimum absolute atomic E-state index is 0.135. The predicted molar refractivity (Wildman–Crippen MR) is 119 cm³/mol. The number of fused-ring (bicyclic) bond motifs is 1. The van der Waals surface area contributed by atoms with Gasteiger partial charge in [0.1, 0.15) is 23.7 Å². The van der Waals surface area contributed by atoms with Crippen molar-refractivity contribution in [3.63, 3.8) is 0 Å². The quantitative estimate of drug-likeness (QED) is 0.336. The van der Waals surface area contributed by atoms with Gasteiger partial charge >= 0.3 is 0 Å². The number of rotatable bonds is 6. The van der Waals surface area contributed by atoms with Gasteiger partial charge in [0.25, 0.3) is 0 Å². The summed E-state index contributed by atoms with van der Waals surface area (Å²) in [5, 5.41) is 0.418.